The Bertz CT molecular complexity index is 1510. The Morgan fingerprint density at radius 3 is 2.34 bits per heavy atom. The fraction of sp³-hybridized carbons (Fsp3) is 0.464. The van der Waals surface area contributed by atoms with Crippen molar-refractivity contribution < 1.29 is 9.53 Å². The van der Waals surface area contributed by atoms with E-state index in [2.05, 4.69) is 10.1 Å². The first-order chi connectivity index (χ1) is 18.3. The Morgan fingerprint density at radius 2 is 1.71 bits per heavy atom. The maximum atomic E-state index is 14.1. The zero-order valence-electron chi connectivity index (χ0n) is 21.7. The lowest BCUT2D eigenvalue weighted by molar-refractivity contribution is -0.0943. The van der Waals surface area contributed by atoms with Gasteiger partial charge >= 0.3 is 6.09 Å². The first-order valence-corrected chi connectivity index (χ1v) is 13.7. The lowest BCUT2D eigenvalue weighted by atomic mass is 9.55. The summed E-state index contributed by atoms with van der Waals surface area (Å²) in [6.45, 7) is 3.88. The molecule has 0 N–H and O–H groups in total. The summed E-state index contributed by atoms with van der Waals surface area (Å²) >= 11 is 6.22. The average Bonchev–Trinajstić information content (AvgIpc) is 3.43. The number of carbonyl (C=O) groups excluding carboxylic acids is 1. The number of aromatic nitrogens is 6. The second kappa shape index (κ2) is 8.80. The molecule has 3 heterocycles. The first-order valence-electron chi connectivity index (χ1n) is 13.3. The molecule has 196 valence electrons. The second-order valence-electron chi connectivity index (χ2n) is 11.3. The smallest absolute Gasteiger partial charge is 0.420 e. The molecule has 4 fully saturated rings. The molecule has 0 spiro atoms. The van der Waals surface area contributed by atoms with E-state index in [1.54, 1.807) is 35.3 Å². The molecule has 0 aliphatic heterocycles. The molecule has 38 heavy (non-hydrogen) atoms. The molecule has 4 aromatic rings. The lowest BCUT2D eigenvalue weighted by Crippen LogP contribution is -2.51. The van der Waals surface area contributed by atoms with Gasteiger partial charge in [-0.3, -0.25) is 0 Å². The molecule has 1 amide bonds. The molecule has 4 bridgehead atoms. The number of hydrogen-bond acceptors (Lipinski definition) is 6. The zero-order valence-corrected chi connectivity index (χ0v) is 22.5. The number of rotatable bonds is 4. The number of ether oxygens (including phenoxy) is 1. The molecule has 9 nitrogen and oxygen atoms in total. The van der Waals surface area contributed by atoms with Crippen molar-refractivity contribution in [3.8, 4) is 5.95 Å². The predicted molar refractivity (Wildman–Crippen MR) is 144 cm³/mol. The summed E-state index contributed by atoms with van der Waals surface area (Å²) in [4.78, 5) is 29.9. The fourth-order valence-electron chi connectivity index (χ4n) is 7.20. The van der Waals surface area contributed by atoms with Gasteiger partial charge in [0.25, 0.3) is 5.95 Å². The number of anilines is 2. The van der Waals surface area contributed by atoms with Crippen LogP contribution in [0.5, 0.6) is 0 Å². The number of carbonyl (C=O) groups is 1. The molecular formula is C28H30ClN7O2. The van der Waals surface area contributed by atoms with Gasteiger partial charge in [0.2, 0.25) is 0 Å². The Hall–Kier alpha value is -3.46. The van der Waals surface area contributed by atoms with Gasteiger partial charge in [-0.1, -0.05) is 11.6 Å². The highest BCUT2D eigenvalue weighted by Gasteiger charge is 2.50. The van der Waals surface area contributed by atoms with Gasteiger partial charge in [-0.15, -0.1) is 0 Å². The minimum absolute atomic E-state index is 0.0679. The van der Waals surface area contributed by atoms with Gasteiger partial charge in [0, 0.05) is 17.8 Å². The average molecular weight is 532 g/mol. The minimum Gasteiger partial charge on any atom is -0.445 e. The molecule has 3 aromatic heterocycles. The number of hydrogen-bond donors (Lipinski definition) is 0. The van der Waals surface area contributed by atoms with Crippen molar-refractivity contribution in [2.24, 2.45) is 30.7 Å². The summed E-state index contributed by atoms with van der Waals surface area (Å²) in [7, 11) is 1.87. The molecular weight excluding hydrogens is 502 g/mol. The zero-order chi connectivity index (χ0) is 26.1. The molecule has 8 rings (SSSR count). The third-order valence-corrected chi connectivity index (χ3v) is 8.84. The van der Waals surface area contributed by atoms with Crippen LogP contribution in [0.4, 0.5) is 16.3 Å². The number of nitrogens with zero attached hydrogens (tertiary/aromatic N) is 7. The summed E-state index contributed by atoms with van der Waals surface area (Å²) in [5.41, 5.74) is 3.46. The van der Waals surface area contributed by atoms with Crippen LogP contribution in [0.3, 0.4) is 0 Å². The highest BCUT2D eigenvalue weighted by atomic mass is 35.5. The number of aryl methyl sites for hydroxylation is 3. The number of imidazole rings is 1. The van der Waals surface area contributed by atoms with E-state index in [-0.39, 0.29) is 6.10 Å². The van der Waals surface area contributed by atoms with Gasteiger partial charge in [-0.25, -0.2) is 19.4 Å². The maximum Gasteiger partial charge on any atom is 0.420 e. The summed E-state index contributed by atoms with van der Waals surface area (Å²) in [6.07, 6.45) is 7.14. The van der Waals surface area contributed by atoms with Crippen molar-refractivity contribution >= 4 is 40.4 Å². The van der Waals surface area contributed by atoms with E-state index in [0.29, 0.717) is 45.5 Å². The van der Waals surface area contributed by atoms with E-state index >= 15 is 0 Å². The molecule has 0 saturated heterocycles. The number of fused-ring (bicyclic) bond motifs is 1. The van der Waals surface area contributed by atoms with Gasteiger partial charge < -0.3 is 9.30 Å². The van der Waals surface area contributed by atoms with Crippen molar-refractivity contribution in [3.05, 3.63) is 53.1 Å². The van der Waals surface area contributed by atoms with E-state index in [1.807, 2.05) is 31.5 Å². The van der Waals surface area contributed by atoms with Crippen LogP contribution in [0.25, 0.3) is 17.1 Å². The number of benzene rings is 1. The van der Waals surface area contributed by atoms with Crippen LogP contribution in [0.2, 0.25) is 5.02 Å². The molecule has 1 aromatic carbocycles. The summed E-state index contributed by atoms with van der Waals surface area (Å²) in [5.74, 6) is 3.18. The van der Waals surface area contributed by atoms with Crippen LogP contribution in [0.15, 0.2) is 36.7 Å². The van der Waals surface area contributed by atoms with Crippen LogP contribution in [-0.2, 0) is 11.8 Å². The van der Waals surface area contributed by atoms with Gasteiger partial charge in [0.15, 0.2) is 17.0 Å². The van der Waals surface area contributed by atoms with E-state index in [4.69, 9.17) is 26.3 Å². The quantitative estimate of drug-likeness (QED) is 0.325. The summed E-state index contributed by atoms with van der Waals surface area (Å²) in [6, 6.07) is 9.10. The van der Waals surface area contributed by atoms with Crippen molar-refractivity contribution in [2.75, 3.05) is 4.90 Å². The van der Waals surface area contributed by atoms with Crippen LogP contribution < -0.4 is 4.90 Å². The molecule has 0 radical (unpaired) electrons. The Kier molecular flexibility index (Phi) is 5.47. The summed E-state index contributed by atoms with van der Waals surface area (Å²) in [5, 5.41) is 5.16. The Balaban J connectivity index is 1.34. The Morgan fingerprint density at radius 1 is 1.03 bits per heavy atom. The first kappa shape index (κ1) is 23.6. The molecule has 4 aliphatic carbocycles. The fourth-order valence-corrected chi connectivity index (χ4v) is 7.33. The minimum atomic E-state index is -0.449. The van der Waals surface area contributed by atoms with Crippen molar-refractivity contribution in [1.82, 2.24) is 29.3 Å². The van der Waals surface area contributed by atoms with Crippen molar-refractivity contribution in [3.63, 3.8) is 0 Å². The molecule has 10 heteroatoms. The van der Waals surface area contributed by atoms with E-state index in [9.17, 15) is 4.79 Å². The normalized spacial score (nSPS) is 25.7. The Labute approximate surface area is 225 Å². The van der Waals surface area contributed by atoms with E-state index < -0.39 is 6.09 Å². The van der Waals surface area contributed by atoms with Gasteiger partial charge in [0.05, 0.1) is 17.7 Å². The van der Waals surface area contributed by atoms with Crippen molar-refractivity contribution in [2.45, 2.75) is 52.1 Å². The topological polar surface area (TPSA) is 91.0 Å². The highest BCUT2D eigenvalue weighted by molar-refractivity contribution is 6.30. The maximum absolute atomic E-state index is 14.1. The third-order valence-electron chi connectivity index (χ3n) is 8.58. The molecule has 4 saturated carbocycles. The van der Waals surface area contributed by atoms with E-state index in [1.165, 1.54) is 11.3 Å². The molecule has 0 unspecified atom stereocenters. The number of halogens is 1. The van der Waals surface area contributed by atoms with E-state index in [0.717, 1.165) is 48.9 Å². The van der Waals surface area contributed by atoms with Crippen LogP contribution in [-0.4, -0.2) is 41.5 Å². The largest absolute Gasteiger partial charge is 0.445 e. The van der Waals surface area contributed by atoms with Gasteiger partial charge in [0.1, 0.15) is 6.10 Å². The van der Waals surface area contributed by atoms with Gasteiger partial charge in [-0.2, -0.15) is 15.1 Å². The van der Waals surface area contributed by atoms with Crippen LogP contribution in [0.1, 0.15) is 43.5 Å². The second-order valence-corrected chi connectivity index (χ2v) is 11.7. The third kappa shape index (κ3) is 3.86. The van der Waals surface area contributed by atoms with Crippen LogP contribution in [0, 0.1) is 37.5 Å². The van der Waals surface area contributed by atoms with Crippen molar-refractivity contribution in [1.29, 1.82) is 0 Å². The highest BCUT2D eigenvalue weighted by Crippen LogP contribution is 2.55. The lowest BCUT2D eigenvalue weighted by Gasteiger charge is -2.53. The monoisotopic (exact) mass is 531 g/mol. The summed E-state index contributed by atoms with van der Waals surface area (Å²) < 4.78 is 9.90. The standard InChI is InChI=1S/C28H30ClN7O2/c1-15-8-16(2)36(33-15)27-31-25-23(30-14-34(25)3)26(32-27)35(22-6-4-21(29)5-7-22)28(37)38-24-19-10-17-9-18(12-19)13-20(24)11-17/h4-8,14,17-20,24H,9-13H2,1-3H3. The predicted octanol–water partition coefficient (Wildman–Crippen LogP) is 5.92. The molecule has 4 aliphatic rings. The van der Waals surface area contributed by atoms with Gasteiger partial charge in [-0.05, 0) is 100.0 Å². The molecule has 0 atom stereocenters. The SMILES string of the molecule is Cc1cc(C)n(-c2nc(N(C(=O)OC3C4CC5CC(C4)CC3C5)c3ccc(Cl)cc3)c3ncn(C)c3n2)n1. The number of amides is 1. The van der Waals surface area contributed by atoms with Crippen LogP contribution >= 0.6 is 11.6 Å².